The third-order valence-electron chi connectivity index (χ3n) is 2.52. The summed E-state index contributed by atoms with van der Waals surface area (Å²) in [5.41, 5.74) is 5.63. The minimum absolute atomic E-state index is 0.225. The lowest BCUT2D eigenvalue weighted by Gasteiger charge is -2.08. The molecule has 5 nitrogen and oxygen atoms in total. The summed E-state index contributed by atoms with van der Waals surface area (Å²) in [5, 5.41) is 11.5. The Hall–Kier alpha value is -2.37. The third kappa shape index (κ3) is 3.09. The number of aryl methyl sites for hydroxylation is 1. The topological polar surface area (TPSA) is 76.9 Å². The van der Waals surface area contributed by atoms with Crippen molar-refractivity contribution in [3.63, 3.8) is 0 Å². The van der Waals surface area contributed by atoms with Crippen molar-refractivity contribution in [2.45, 2.75) is 19.9 Å². The fraction of sp³-hybridized carbons (Fsp3) is 0.231. The van der Waals surface area contributed by atoms with Crippen LogP contribution in [0, 0.1) is 11.2 Å². The molecule has 0 saturated carbocycles. The number of amidine groups is 1. The van der Waals surface area contributed by atoms with E-state index in [1.807, 2.05) is 0 Å². The van der Waals surface area contributed by atoms with E-state index in [0.29, 0.717) is 11.5 Å². The number of ether oxygens (including phenoxy) is 1. The van der Waals surface area contributed by atoms with Crippen LogP contribution in [-0.2, 0) is 6.54 Å². The number of nitrogen functional groups attached to an aromatic ring is 1. The quantitative estimate of drug-likeness (QED) is 0.642. The zero-order valence-electron chi connectivity index (χ0n) is 10.6. The van der Waals surface area contributed by atoms with E-state index in [1.165, 1.54) is 18.2 Å². The average Bonchev–Trinajstić information content (AvgIpc) is 2.79. The molecule has 3 N–H and O–H groups in total. The molecule has 0 aliphatic carbocycles. The minimum Gasteiger partial charge on any atom is -0.453 e. The molecular formula is C13H15FN4O. The summed E-state index contributed by atoms with van der Waals surface area (Å²) in [5.74, 6) is 0.169. The predicted molar refractivity (Wildman–Crippen MR) is 70.0 cm³/mol. The normalized spacial score (nSPS) is 10.4. The Morgan fingerprint density at radius 3 is 3.00 bits per heavy atom. The highest BCUT2D eigenvalue weighted by molar-refractivity contribution is 5.97. The molecular weight excluding hydrogens is 247 g/mol. The van der Waals surface area contributed by atoms with Gasteiger partial charge in [-0.25, -0.2) is 4.39 Å². The number of benzene rings is 1. The van der Waals surface area contributed by atoms with Crippen molar-refractivity contribution in [1.29, 1.82) is 5.41 Å². The highest BCUT2D eigenvalue weighted by Gasteiger charge is 2.10. The summed E-state index contributed by atoms with van der Waals surface area (Å²) in [6, 6.07) is 3.88. The first-order chi connectivity index (χ1) is 9.10. The van der Waals surface area contributed by atoms with E-state index in [-0.39, 0.29) is 11.4 Å². The van der Waals surface area contributed by atoms with Gasteiger partial charge in [-0.15, -0.1) is 0 Å². The highest BCUT2D eigenvalue weighted by atomic mass is 19.1. The molecule has 19 heavy (non-hydrogen) atoms. The van der Waals surface area contributed by atoms with Gasteiger partial charge in [0.15, 0.2) is 5.75 Å². The van der Waals surface area contributed by atoms with Gasteiger partial charge in [-0.1, -0.05) is 6.92 Å². The number of hydrogen-bond acceptors (Lipinski definition) is 3. The standard InChI is InChI=1S/C13H15FN4O/c1-2-5-18-8-10(7-17-18)19-12-4-3-9(14)6-11(12)13(15)16/h3-4,6-8H,2,5H2,1H3,(H3,15,16). The van der Waals surface area contributed by atoms with Crippen molar-refractivity contribution in [2.75, 3.05) is 0 Å². The van der Waals surface area contributed by atoms with Gasteiger partial charge in [0.1, 0.15) is 17.4 Å². The van der Waals surface area contributed by atoms with Crippen molar-refractivity contribution >= 4 is 5.84 Å². The molecule has 0 amide bonds. The molecule has 0 atom stereocenters. The van der Waals surface area contributed by atoms with Crippen LogP contribution in [0.3, 0.4) is 0 Å². The van der Waals surface area contributed by atoms with Gasteiger partial charge in [0.05, 0.1) is 18.0 Å². The Labute approximate surface area is 110 Å². The number of nitrogens with one attached hydrogen (secondary N) is 1. The number of nitrogens with zero attached hydrogens (tertiary/aromatic N) is 2. The summed E-state index contributed by atoms with van der Waals surface area (Å²) in [6.07, 6.45) is 4.29. The molecule has 1 heterocycles. The first kappa shape index (κ1) is 13.1. The number of hydrogen-bond donors (Lipinski definition) is 2. The Kier molecular flexibility index (Phi) is 3.79. The molecule has 0 unspecified atom stereocenters. The van der Waals surface area contributed by atoms with Gasteiger partial charge in [-0.3, -0.25) is 10.1 Å². The van der Waals surface area contributed by atoms with Crippen molar-refractivity contribution in [2.24, 2.45) is 5.73 Å². The van der Waals surface area contributed by atoms with Crippen LogP contribution in [0.4, 0.5) is 4.39 Å². The van der Waals surface area contributed by atoms with Crippen LogP contribution in [-0.4, -0.2) is 15.6 Å². The zero-order chi connectivity index (χ0) is 13.8. The molecule has 0 saturated heterocycles. The van der Waals surface area contributed by atoms with Crippen LogP contribution in [0.5, 0.6) is 11.5 Å². The van der Waals surface area contributed by atoms with Crippen molar-refractivity contribution in [3.05, 3.63) is 42.0 Å². The van der Waals surface area contributed by atoms with Crippen molar-refractivity contribution in [3.8, 4) is 11.5 Å². The lowest BCUT2D eigenvalue weighted by Crippen LogP contribution is -2.12. The van der Waals surface area contributed by atoms with Gasteiger partial charge >= 0.3 is 0 Å². The molecule has 0 bridgehead atoms. The maximum atomic E-state index is 13.1. The number of rotatable bonds is 5. The second kappa shape index (κ2) is 5.51. The van der Waals surface area contributed by atoms with Crippen LogP contribution in [0.25, 0.3) is 0 Å². The number of nitrogens with two attached hydrogens (primary N) is 1. The van der Waals surface area contributed by atoms with Gasteiger partial charge in [0.25, 0.3) is 0 Å². The summed E-state index contributed by atoms with van der Waals surface area (Å²) < 4.78 is 20.5. The minimum atomic E-state index is -0.459. The summed E-state index contributed by atoms with van der Waals surface area (Å²) in [7, 11) is 0. The molecule has 0 radical (unpaired) electrons. The summed E-state index contributed by atoms with van der Waals surface area (Å²) in [4.78, 5) is 0. The highest BCUT2D eigenvalue weighted by Crippen LogP contribution is 2.25. The van der Waals surface area contributed by atoms with E-state index in [0.717, 1.165) is 13.0 Å². The van der Waals surface area contributed by atoms with E-state index in [9.17, 15) is 4.39 Å². The Morgan fingerprint density at radius 1 is 1.53 bits per heavy atom. The fourth-order valence-corrected chi connectivity index (χ4v) is 1.68. The third-order valence-corrected chi connectivity index (χ3v) is 2.52. The van der Waals surface area contributed by atoms with E-state index < -0.39 is 5.82 Å². The molecule has 0 aliphatic heterocycles. The molecule has 0 spiro atoms. The van der Waals surface area contributed by atoms with Gasteiger partial charge in [0, 0.05) is 6.54 Å². The van der Waals surface area contributed by atoms with E-state index in [2.05, 4.69) is 12.0 Å². The molecule has 0 aliphatic rings. The summed E-state index contributed by atoms with van der Waals surface area (Å²) in [6.45, 7) is 2.85. The van der Waals surface area contributed by atoms with Crippen LogP contribution in [0.2, 0.25) is 0 Å². The zero-order valence-corrected chi connectivity index (χ0v) is 10.6. The molecule has 100 valence electrons. The number of halogens is 1. The Morgan fingerprint density at radius 2 is 2.32 bits per heavy atom. The van der Waals surface area contributed by atoms with Gasteiger partial charge < -0.3 is 10.5 Å². The average molecular weight is 262 g/mol. The van der Waals surface area contributed by atoms with Crippen LogP contribution in [0.15, 0.2) is 30.6 Å². The molecule has 2 aromatic rings. The van der Waals surface area contributed by atoms with Crippen molar-refractivity contribution in [1.82, 2.24) is 9.78 Å². The summed E-state index contributed by atoms with van der Waals surface area (Å²) >= 11 is 0. The van der Waals surface area contributed by atoms with Crippen LogP contribution < -0.4 is 10.5 Å². The van der Waals surface area contributed by atoms with Crippen molar-refractivity contribution < 1.29 is 9.13 Å². The van der Waals surface area contributed by atoms with E-state index in [1.54, 1.807) is 17.1 Å². The molecule has 0 fully saturated rings. The Bertz CT molecular complexity index is 594. The SMILES string of the molecule is CCCn1cc(Oc2ccc(F)cc2C(=N)N)cn1. The van der Waals surface area contributed by atoms with Gasteiger partial charge in [-0.2, -0.15) is 5.10 Å². The largest absolute Gasteiger partial charge is 0.453 e. The van der Waals surface area contributed by atoms with Gasteiger partial charge in [-0.05, 0) is 24.6 Å². The first-order valence-corrected chi connectivity index (χ1v) is 5.94. The molecule has 1 aromatic carbocycles. The van der Waals surface area contributed by atoms with E-state index in [4.69, 9.17) is 15.9 Å². The maximum absolute atomic E-state index is 13.1. The monoisotopic (exact) mass is 262 g/mol. The lowest BCUT2D eigenvalue weighted by molar-refractivity contribution is 0.477. The van der Waals surface area contributed by atoms with Gasteiger partial charge in [0.2, 0.25) is 0 Å². The second-order valence-corrected chi connectivity index (χ2v) is 4.10. The van der Waals surface area contributed by atoms with Crippen LogP contribution in [0.1, 0.15) is 18.9 Å². The van der Waals surface area contributed by atoms with Crippen LogP contribution >= 0.6 is 0 Å². The molecule has 1 aromatic heterocycles. The maximum Gasteiger partial charge on any atom is 0.165 e. The smallest absolute Gasteiger partial charge is 0.165 e. The lowest BCUT2D eigenvalue weighted by atomic mass is 10.2. The fourth-order valence-electron chi connectivity index (χ4n) is 1.68. The molecule has 2 rings (SSSR count). The second-order valence-electron chi connectivity index (χ2n) is 4.10. The first-order valence-electron chi connectivity index (χ1n) is 5.94. The molecule has 6 heteroatoms. The predicted octanol–water partition coefficient (Wildman–Crippen LogP) is 2.51. The Balaban J connectivity index is 2.24. The number of aromatic nitrogens is 2. The van der Waals surface area contributed by atoms with E-state index >= 15 is 0 Å².